The number of benzene rings is 1. The predicted molar refractivity (Wildman–Crippen MR) is 67.6 cm³/mol. The maximum Gasteiger partial charge on any atom is 0.125 e. The zero-order valence-electron chi connectivity index (χ0n) is 9.80. The van der Waals surface area contributed by atoms with Gasteiger partial charge in [0.2, 0.25) is 0 Å². The Balaban J connectivity index is 1.63. The molecule has 0 radical (unpaired) electrons. The number of hydrogen-bond donors (Lipinski definition) is 2. The summed E-state index contributed by atoms with van der Waals surface area (Å²) in [6.07, 6.45) is 5.76. The fraction of sp³-hybridized carbons (Fsp3) is 0.429. The minimum atomic E-state index is -0.183. The monoisotopic (exact) mass is 232 g/mol. The topological polar surface area (TPSA) is 27.8 Å². The molecule has 90 valence electrons. The Kier molecular flexibility index (Phi) is 2.85. The number of hydrogen-bond acceptors (Lipinski definition) is 1. The van der Waals surface area contributed by atoms with Crippen LogP contribution in [0.15, 0.2) is 24.4 Å². The second-order valence-electron chi connectivity index (χ2n) is 4.90. The van der Waals surface area contributed by atoms with E-state index in [-0.39, 0.29) is 5.82 Å². The SMILES string of the molecule is Fc1ccc2c(CCNCC3CC3)c[nH]c2c1. The number of aromatic nitrogens is 1. The lowest BCUT2D eigenvalue weighted by Crippen LogP contribution is -2.19. The van der Waals surface area contributed by atoms with Gasteiger partial charge in [-0.3, -0.25) is 0 Å². The quantitative estimate of drug-likeness (QED) is 0.762. The molecule has 17 heavy (non-hydrogen) atoms. The van der Waals surface area contributed by atoms with Gasteiger partial charge in [-0.25, -0.2) is 4.39 Å². The fourth-order valence-electron chi connectivity index (χ4n) is 2.22. The van der Waals surface area contributed by atoms with Crippen LogP contribution < -0.4 is 5.32 Å². The van der Waals surface area contributed by atoms with E-state index in [9.17, 15) is 4.39 Å². The molecule has 1 saturated carbocycles. The first kappa shape index (κ1) is 10.8. The lowest BCUT2D eigenvalue weighted by Gasteiger charge is -2.02. The summed E-state index contributed by atoms with van der Waals surface area (Å²) >= 11 is 0. The Morgan fingerprint density at radius 2 is 2.24 bits per heavy atom. The summed E-state index contributed by atoms with van der Waals surface area (Å²) in [5.41, 5.74) is 2.16. The molecule has 0 aliphatic heterocycles. The van der Waals surface area contributed by atoms with E-state index in [4.69, 9.17) is 0 Å². The van der Waals surface area contributed by atoms with Crippen molar-refractivity contribution in [3.63, 3.8) is 0 Å². The zero-order valence-corrected chi connectivity index (χ0v) is 9.80. The fourth-order valence-corrected chi connectivity index (χ4v) is 2.22. The van der Waals surface area contributed by atoms with E-state index in [1.54, 1.807) is 6.07 Å². The van der Waals surface area contributed by atoms with Gasteiger partial charge in [-0.05, 0) is 62.0 Å². The molecular weight excluding hydrogens is 215 g/mol. The lowest BCUT2D eigenvalue weighted by molar-refractivity contribution is 0.629. The Labute approximate surface area is 100 Å². The molecule has 1 aliphatic carbocycles. The smallest absolute Gasteiger partial charge is 0.125 e. The number of halogens is 1. The third kappa shape index (κ3) is 2.50. The number of aromatic amines is 1. The van der Waals surface area contributed by atoms with Crippen LogP contribution in [0.3, 0.4) is 0 Å². The molecule has 0 saturated heterocycles. The Hall–Kier alpha value is -1.35. The molecule has 1 heterocycles. The van der Waals surface area contributed by atoms with Gasteiger partial charge in [-0.2, -0.15) is 0 Å². The van der Waals surface area contributed by atoms with Crippen LogP contribution in [0.5, 0.6) is 0 Å². The number of fused-ring (bicyclic) bond motifs is 1. The number of nitrogens with one attached hydrogen (secondary N) is 2. The molecule has 1 aromatic heterocycles. The molecule has 1 aliphatic rings. The van der Waals surface area contributed by atoms with Gasteiger partial charge in [-0.1, -0.05) is 0 Å². The van der Waals surface area contributed by atoms with E-state index < -0.39 is 0 Å². The third-order valence-electron chi connectivity index (χ3n) is 3.43. The maximum absolute atomic E-state index is 13.0. The van der Waals surface area contributed by atoms with Crippen molar-refractivity contribution in [1.29, 1.82) is 0 Å². The molecule has 1 aromatic carbocycles. The number of rotatable bonds is 5. The van der Waals surface area contributed by atoms with E-state index in [2.05, 4.69) is 10.3 Å². The lowest BCUT2D eigenvalue weighted by atomic mass is 10.1. The number of H-pyrrole nitrogens is 1. The second kappa shape index (κ2) is 4.49. The Morgan fingerprint density at radius 1 is 1.35 bits per heavy atom. The highest BCUT2D eigenvalue weighted by atomic mass is 19.1. The molecule has 1 fully saturated rings. The van der Waals surface area contributed by atoms with Crippen LogP contribution in [0.4, 0.5) is 4.39 Å². The van der Waals surface area contributed by atoms with E-state index in [0.29, 0.717) is 0 Å². The highest BCUT2D eigenvalue weighted by Crippen LogP contribution is 2.27. The summed E-state index contributed by atoms with van der Waals surface area (Å²) in [6, 6.07) is 4.94. The van der Waals surface area contributed by atoms with Crippen molar-refractivity contribution in [3.8, 4) is 0 Å². The van der Waals surface area contributed by atoms with Crippen LogP contribution in [-0.2, 0) is 6.42 Å². The molecule has 2 aromatic rings. The van der Waals surface area contributed by atoms with Crippen LogP contribution in [0.2, 0.25) is 0 Å². The van der Waals surface area contributed by atoms with Gasteiger partial charge < -0.3 is 10.3 Å². The molecular formula is C14H17FN2. The molecule has 2 N–H and O–H groups in total. The van der Waals surface area contributed by atoms with Gasteiger partial charge in [0, 0.05) is 17.1 Å². The molecule has 3 rings (SSSR count). The molecule has 2 nitrogen and oxygen atoms in total. The highest BCUT2D eigenvalue weighted by Gasteiger charge is 2.19. The van der Waals surface area contributed by atoms with Crippen molar-refractivity contribution >= 4 is 10.9 Å². The largest absolute Gasteiger partial charge is 0.361 e. The van der Waals surface area contributed by atoms with E-state index >= 15 is 0 Å². The summed E-state index contributed by atoms with van der Waals surface area (Å²) in [7, 11) is 0. The third-order valence-corrected chi connectivity index (χ3v) is 3.43. The minimum Gasteiger partial charge on any atom is -0.361 e. The second-order valence-corrected chi connectivity index (χ2v) is 4.90. The molecule has 0 amide bonds. The summed E-state index contributed by atoms with van der Waals surface area (Å²) < 4.78 is 13.0. The standard InChI is InChI=1S/C14H17FN2/c15-12-3-4-13-11(9-17-14(13)7-12)5-6-16-8-10-1-2-10/h3-4,7,9-10,16-17H,1-2,5-6,8H2. The van der Waals surface area contributed by atoms with Crippen LogP contribution >= 0.6 is 0 Å². The summed E-state index contributed by atoms with van der Waals surface area (Å²) in [5, 5.41) is 4.61. The predicted octanol–water partition coefficient (Wildman–Crippen LogP) is 2.85. The van der Waals surface area contributed by atoms with Crippen LogP contribution in [0.25, 0.3) is 10.9 Å². The van der Waals surface area contributed by atoms with Gasteiger partial charge in [0.15, 0.2) is 0 Å². The maximum atomic E-state index is 13.0. The van der Waals surface area contributed by atoms with Crippen LogP contribution in [0, 0.1) is 11.7 Å². The first-order valence-electron chi connectivity index (χ1n) is 6.29. The normalized spacial score (nSPS) is 15.6. The van der Waals surface area contributed by atoms with Crippen molar-refractivity contribution in [1.82, 2.24) is 10.3 Å². The molecule has 0 spiro atoms. The van der Waals surface area contributed by atoms with Crippen molar-refractivity contribution in [2.45, 2.75) is 19.3 Å². The van der Waals surface area contributed by atoms with Crippen molar-refractivity contribution < 1.29 is 4.39 Å². The van der Waals surface area contributed by atoms with Crippen molar-refractivity contribution in [2.75, 3.05) is 13.1 Å². The van der Waals surface area contributed by atoms with E-state index in [1.165, 1.54) is 24.5 Å². The highest BCUT2D eigenvalue weighted by molar-refractivity contribution is 5.83. The van der Waals surface area contributed by atoms with Gasteiger partial charge in [0.25, 0.3) is 0 Å². The first-order valence-corrected chi connectivity index (χ1v) is 6.29. The summed E-state index contributed by atoms with van der Waals surface area (Å²) in [6.45, 7) is 2.15. The van der Waals surface area contributed by atoms with Crippen LogP contribution in [0.1, 0.15) is 18.4 Å². The van der Waals surface area contributed by atoms with E-state index in [0.717, 1.165) is 36.3 Å². The van der Waals surface area contributed by atoms with Crippen molar-refractivity contribution in [3.05, 3.63) is 35.8 Å². The molecule has 3 heteroatoms. The summed E-state index contributed by atoms with van der Waals surface area (Å²) in [5.74, 6) is 0.741. The van der Waals surface area contributed by atoms with E-state index in [1.807, 2.05) is 12.3 Å². The molecule has 0 bridgehead atoms. The Bertz CT molecular complexity index is 514. The first-order chi connectivity index (χ1) is 8.33. The molecule has 0 unspecified atom stereocenters. The van der Waals surface area contributed by atoms with Gasteiger partial charge in [-0.15, -0.1) is 0 Å². The average molecular weight is 232 g/mol. The van der Waals surface area contributed by atoms with Gasteiger partial charge in [0.1, 0.15) is 5.82 Å². The summed E-state index contributed by atoms with van der Waals surface area (Å²) in [4.78, 5) is 3.12. The van der Waals surface area contributed by atoms with Gasteiger partial charge >= 0.3 is 0 Å². The van der Waals surface area contributed by atoms with Gasteiger partial charge in [0.05, 0.1) is 0 Å². The Morgan fingerprint density at radius 3 is 3.06 bits per heavy atom. The van der Waals surface area contributed by atoms with Crippen molar-refractivity contribution in [2.24, 2.45) is 5.92 Å². The minimum absolute atomic E-state index is 0.183. The zero-order chi connectivity index (χ0) is 11.7. The van der Waals surface area contributed by atoms with Crippen LogP contribution in [-0.4, -0.2) is 18.1 Å². The average Bonchev–Trinajstić information content (AvgIpc) is 3.06. The molecule has 0 atom stereocenters.